The molecule has 0 amide bonds. The maximum atomic E-state index is 13.4. The van der Waals surface area contributed by atoms with Gasteiger partial charge in [-0.3, -0.25) is 9.36 Å². The van der Waals surface area contributed by atoms with Crippen LogP contribution in [0.2, 0.25) is 0 Å². The molecule has 6 nitrogen and oxygen atoms in total. The molecule has 0 radical (unpaired) electrons. The fourth-order valence-electron chi connectivity index (χ4n) is 4.39. The van der Waals surface area contributed by atoms with E-state index in [4.69, 9.17) is 0 Å². The lowest BCUT2D eigenvalue weighted by Crippen LogP contribution is -2.36. The molecular weight excluding hydrogens is 405 g/mol. The molecule has 1 atom stereocenters. The average molecular weight is 429 g/mol. The third-order valence-electron chi connectivity index (χ3n) is 5.98. The van der Waals surface area contributed by atoms with Gasteiger partial charge in [-0.1, -0.05) is 24.3 Å². The van der Waals surface area contributed by atoms with Gasteiger partial charge in [-0.15, -0.1) is 0 Å². The quantitative estimate of drug-likeness (QED) is 0.529. The lowest BCUT2D eigenvalue weighted by Gasteiger charge is -2.28. The minimum absolute atomic E-state index is 0.0662. The Kier molecular flexibility index (Phi) is 5.09. The molecule has 2 aromatic heterocycles. The number of imidazole rings is 1. The van der Waals surface area contributed by atoms with Crippen LogP contribution in [0.5, 0.6) is 0 Å². The summed E-state index contributed by atoms with van der Waals surface area (Å²) < 4.78 is 17.1. The van der Waals surface area contributed by atoms with Crippen LogP contribution in [0.25, 0.3) is 5.69 Å². The Hall–Kier alpha value is -3.74. The van der Waals surface area contributed by atoms with Crippen LogP contribution < -0.4 is 10.9 Å². The molecule has 0 saturated carbocycles. The van der Waals surface area contributed by atoms with Crippen LogP contribution in [0.1, 0.15) is 40.4 Å². The first kappa shape index (κ1) is 20.2. The van der Waals surface area contributed by atoms with Gasteiger partial charge in [0.15, 0.2) is 0 Å². The van der Waals surface area contributed by atoms with Crippen LogP contribution >= 0.6 is 0 Å². The van der Waals surface area contributed by atoms with Crippen molar-refractivity contribution in [1.29, 1.82) is 0 Å². The van der Waals surface area contributed by atoms with E-state index < -0.39 is 0 Å². The Morgan fingerprint density at radius 3 is 2.66 bits per heavy atom. The molecule has 1 aliphatic rings. The fourth-order valence-corrected chi connectivity index (χ4v) is 4.39. The molecule has 4 aromatic rings. The molecular formula is C25H24FN5O. The molecule has 1 N–H and O–H groups in total. The number of benzene rings is 2. The van der Waals surface area contributed by atoms with E-state index in [2.05, 4.69) is 34.3 Å². The highest BCUT2D eigenvalue weighted by atomic mass is 19.1. The minimum Gasteiger partial charge on any atom is -0.355 e. The Bertz CT molecular complexity index is 1340. The van der Waals surface area contributed by atoms with Crippen molar-refractivity contribution in [3.8, 4) is 5.69 Å². The Morgan fingerprint density at radius 1 is 1.12 bits per heavy atom. The van der Waals surface area contributed by atoms with E-state index in [1.807, 2.05) is 23.8 Å². The predicted octanol–water partition coefficient (Wildman–Crippen LogP) is 4.18. The molecule has 162 valence electrons. The molecule has 2 aromatic carbocycles. The summed E-state index contributed by atoms with van der Waals surface area (Å²) in [5.41, 5.74) is 5.66. The third kappa shape index (κ3) is 3.70. The lowest BCUT2D eigenvalue weighted by molar-refractivity contribution is 0.502. The summed E-state index contributed by atoms with van der Waals surface area (Å²) in [5, 5.41) is 3.21. The van der Waals surface area contributed by atoms with Crippen molar-refractivity contribution in [1.82, 2.24) is 19.1 Å². The zero-order chi connectivity index (χ0) is 22.2. The van der Waals surface area contributed by atoms with Crippen molar-refractivity contribution >= 4 is 5.95 Å². The maximum Gasteiger partial charge on any atom is 0.258 e. The van der Waals surface area contributed by atoms with Crippen LogP contribution in [0.15, 0.2) is 66.0 Å². The van der Waals surface area contributed by atoms with Crippen LogP contribution in [-0.4, -0.2) is 25.6 Å². The number of hydrogen-bond donors (Lipinski definition) is 1. The second kappa shape index (κ2) is 8.07. The van der Waals surface area contributed by atoms with Gasteiger partial charge in [0.2, 0.25) is 5.95 Å². The van der Waals surface area contributed by atoms with Gasteiger partial charge in [0.1, 0.15) is 5.82 Å². The lowest BCUT2D eigenvalue weighted by atomic mass is 10.0. The summed E-state index contributed by atoms with van der Waals surface area (Å²) >= 11 is 0. The molecule has 0 unspecified atom stereocenters. The molecule has 32 heavy (non-hydrogen) atoms. The summed E-state index contributed by atoms with van der Waals surface area (Å²) in [5.74, 6) is 0.271. The van der Waals surface area contributed by atoms with Gasteiger partial charge >= 0.3 is 0 Å². The van der Waals surface area contributed by atoms with E-state index in [0.717, 1.165) is 34.5 Å². The molecule has 0 aliphatic carbocycles. The summed E-state index contributed by atoms with van der Waals surface area (Å²) in [4.78, 5) is 22.3. The molecule has 3 heterocycles. The first-order valence-corrected chi connectivity index (χ1v) is 10.7. The van der Waals surface area contributed by atoms with Crippen molar-refractivity contribution < 1.29 is 4.39 Å². The fraction of sp³-hybridized carbons (Fsp3) is 0.240. The first-order chi connectivity index (χ1) is 15.5. The second-order valence-corrected chi connectivity index (χ2v) is 8.28. The van der Waals surface area contributed by atoms with Gasteiger partial charge in [-0.25, -0.2) is 14.4 Å². The molecule has 5 rings (SSSR count). The van der Waals surface area contributed by atoms with Crippen molar-refractivity contribution in [3.63, 3.8) is 0 Å². The number of nitrogens with one attached hydrogen (secondary N) is 1. The van der Waals surface area contributed by atoms with Gasteiger partial charge in [0.05, 0.1) is 18.1 Å². The van der Waals surface area contributed by atoms with Gasteiger partial charge in [-0.05, 0) is 55.2 Å². The second-order valence-electron chi connectivity index (χ2n) is 8.28. The number of nitrogens with zero attached hydrogens (tertiary/aromatic N) is 4. The zero-order valence-corrected chi connectivity index (χ0v) is 18.0. The Morgan fingerprint density at radius 2 is 1.94 bits per heavy atom. The zero-order valence-electron chi connectivity index (χ0n) is 18.0. The summed E-state index contributed by atoms with van der Waals surface area (Å²) in [7, 11) is 0. The Balaban J connectivity index is 1.48. The summed E-state index contributed by atoms with van der Waals surface area (Å²) in [6.45, 7) is 4.73. The van der Waals surface area contributed by atoms with Crippen molar-refractivity contribution in [3.05, 3.63) is 105 Å². The smallest absolute Gasteiger partial charge is 0.258 e. The normalized spacial score (nSPS) is 15.3. The first-order valence-electron chi connectivity index (χ1n) is 10.7. The van der Waals surface area contributed by atoms with Crippen LogP contribution in [-0.2, 0) is 6.42 Å². The largest absolute Gasteiger partial charge is 0.355 e. The highest BCUT2D eigenvalue weighted by molar-refractivity contribution is 5.44. The third-order valence-corrected chi connectivity index (χ3v) is 5.98. The van der Waals surface area contributed by atoms with Crippen molar-refractivity contribution in [2.24, 2.45) is 0 Å². The SMILES string of the molecule is Cc1cn(-c2ccc(Cc3cnc4n(c3=O)[C@@H](c3ccc(F)cc3)CCN4)cc2C)cn1. The summed E-state index contributed by atoms with van der Waals surface area (Å²) in [6.07, 6.45) is 6.69. The van der Waals surface area contributed by atoms with E-state index in [0.29, 0.717) is 24.5 Å². The number of aromatic nitrogens is 4. The van der Waals surface area contributed by atoms with Crippen molar-refractivity contribution in [2.45, 2.75) is 32.7 Å². The van der Waals surface area contributed by atoms with E-state index in [1.165, 1.54) is 12.1 Å². The molecule has 1 aliphatic heterocycles. The Labute approximate surface area is 185 Å². The highest BCUT2D eigenvalue weighted by Crippen LogP contribution is 2.27. The number of aryl methyl sites for hydroxylation is 2. The number of hydrogen-bond acceptors (Lipinski definition) is 4. The van der Waals surface area contributed by atoms with Crippen LogP contribution in [0, 0.1) is 19.7 Å². The monoisotopic (exact) mass is 429 g/mol. The van der Waals surface area contributed by atoms with Crippen LogP contribution in [0.4, 0.5) is 10.3 Å². The number of anilines is 1. The van der Waals surface area contributed by atoms with Gasteiger partial charge in [0, 0.05) is 36.6 Å². The van der Waals surface area contributed by atoms with Gasteiger partial charge in [-0.2, -0.15) is 0 Å². The molecule has 7 heteroatoms. The highest BCUT2D eigenvalue weighted by Gasteiger charge is 2.24. The van der Waals surface area contributed by atoms with Crippen LogP contribution in [0.3, 0.4) is 0 Å². The number of halogens is 1. The molecule has 0 spiro atoms. The minimum atomic E-state index is -0.285. The van der Waals surface area contributed by atoms with Crippen molar-refractivity contribution in [2.75, 3.05) is 11.9 Å². The average Bonchev–Trinajstić information content (AvgIpc) is 3.22. The van der Waals surface area contributed by atoms with E-state index in [-0.39, 0.29) is 17.4 Å². The predicted molar refractivity (Wildman–Crippen MR) is 122 cm³/mol. The number of fused-ring (bicyclic) bond motifs is 1. The van der Waals surface area contributed by atoms with E-state index in [9.17, 15) is 9.18 Å². The van der Waals surface area contributed by atoms with E-state index >= 15 is 0 Å². The molecule has 0 fully saturated rings. The standard InChI is InChI=1S/C25H24FN5O/c1-16-11-18(3-8-22(16)30-14-17(2)29-15-30)12-20-13-28-25-27-10-9-23(31(25)24(20)32)19-4-6-21(26)7-5-19/h3-8,11,13-15,23H,9-10,12H2,1-2H3,(H,27,28)/t23-/m1/s1. The van der Waals surface area contributed by atoms with Gasteiger partial charge in [0.25, 0.3) is 5.56 Å². The summed E-state index contributed by atoms with van der Waals surface area (Å²) in [6, 6.07) is 12.4. The van der Waals surface area contributed by atoms with Gasteiger partial charge < -0.3 is 9.88 Å². The van der Waals surface area contributed by atoms with E-state index in [1.54, 1.807) is 29.2 Å². The molecule has 0 bridgehead atoms. The number of rotatable bonds is 4. The molecule has 0 saturated heterocycles. The maximum absolute atomic E-state index is 13.4. The topological polar surface area (TPSA) is 64.7 Å².